The van der Waals surface area contributed by atoms with Gasteiger partial charge in [0.15, 0.2) is 5.11 Å². The number of halogens is 1. The van der Waals surface area contributed by atoms with Crippen LogP contribution >= 0.6 is 12.2 Å². The second kappa shape index (κ2) is 11.4. The van der Waals surface area contributed by atoms with Gasteiger partial charge in [-0.05, 0) is 60.7 Å². The number of furan rings is 1. The summed E-state index contributed by atoms with van der Waals surface area (Å²) in [5.41, 5.74) is 2.00. The molecule has 1 saturated heterocycles. The summed E-state index contributed by atoms with van der Waals surface area (Å²) in [5, 5.41) is 6.37. The van der Waals surface area contributed by atoms with E-state index in [9.17, 15) is 14.0 Å². The highest BCUT2D eigenvalue weighted by molar-refractivity contribution is 7.80. The molecule has 3 heterocycles. The zero-order valence-corrected chi connectivity index (χ0v) is 21.8. The zero-order valence-electron chi connectivity index (χ0n) is 21.0. The molecule has 1 fully saturated rings. The number of amides is 1. The Hall–Kier alpha value is -4.57. The number of carbonyl (C=O) groups excluding carboxylic acids is 2. The van der Waals surface area contributed by atoms with Crippen molar-refractivity contribution in [3.63, 3.8) is 0 Å². The van der Waals surface area contributed by atoms with Gasteiger partial charge in [-0.1, -0.05) is 30.3 Å². The van der Waals surface area contributed by atoms with Gasteiger partial charge >= 0.3 is 5.97 Å². The molecule has 2 aromatic carbocycles. The van der Waals surface area contributed by atoms with Crippen LogP contribution in [0.4, 0.5) is 10.1 Å². The highest BCUT2D eigenvalue weighted by Gasteiger charge is 2.41. The van der Waals surface area contributed by atoms with E-state index in [0.717, 1.165) is 5.69 Å². The maximum absolute atomic E-state index is 14.0. The van der Waals surface area contributed by atoms with Crippen molar-refractivity contribution in [3.05, 3.63) is 108 Å². The number of hydrogen-bond acceptors (Lipinski definition) is 6. The number of pyridine rings is 1. The molecular weight excluding hydrogens is 519 g/mol. The van der Waals surface area contributed by atoms with E-state index in [1.165, 1.54) is 19.2 Å². The molecular formula is C29H25FN4O4S. The number of anilines is 1. The average molecular weight is 545 g/mol. The SMILES string of the molecule is COC(=O)c1cccc(-c2ccc([C@H]3[C@@H](c4ccccn4)NC(=S)N3CCC(=O)Nc3ccccc3F)o2)c1. The fourth-order valence-corrected chi connectivity index (χ4v) is 4.87. The number of aromatic nitrogens is 1. The molecule has 1 amide bonds. The van der Waals surface area contributed by atoms with Gasteiger partial charge in [0, 0.05) is 24.7 Å². The first-order valence-corrected chi connectivity index (χ1v) is 12.7. The average Bonchev–Trinajstić information content (AvgIpc) is 3.58. The van der Waals surface area contributed by atoms with Crippen LogP contribution in [-0.4, -0.2) is 40.5 Å². The van der Waals surface area contributed by atoms with Gasteiger partial charge < -0.3 is 24.7 Å². The summed E-state index contributed by atoms with van der Waals surface area (Å²) in [5.74, 6) is -0.125. The number of nitrogens with one attached hydrogen (secondary N) is 2. The highest BCUT2D eigenvalue weighted by Crippen LogP contribution is 2.40. The third-order valence-corrected chi connectivity index (χ3v) is 6.76. The first kappa shape index (κ1) is 26.1. The topological polar surface area (TPSA) is 96.7 Å². The fraction of sp³-hybridized carbons (Fsp3) is 0.172. The van der Waals surface area contributed by atoms with Crippen molar-refractivity contribution >= 4 is 34.9 Å². The van der Waals surface area contributed by atoms with Gasteiger partial charge in [0.25, 0.3) is 0 Å². The summed E-state index contributed by atoms with van der Waals surface area (Å²) in [6.07, 6.45) is 1.77. The summed E-state index contributed by atoms with van der Waals surface area (Å²) < 4.78 is 25.1. The normalized spacial score (nSPS) is 16.6. The lowest BCUT2D eigenvalue weighted by Crippen LogP contribution is -2.32. The van der Waals surface area contributed by atoms with E-state index in [1.807, 2.05) is 41.3 Å². The van der Waals surface area contributed by atoms with Crippen molar-refractivity contribution < 1.29 is 23.1 Å². The zero-order chi connectivity index (χ0) is 27.4. The number of carbonyl (C=O) groups is 2. The van der Waals surface area contributed by atoms with E-state index in [4.69, 9.17) is 21.4 Å². The van der Waals surface area contributed by atoms with E-state index in [0.29, 0.717) is 27.8 Å². The van der Waals surface area contributed by atoms with E-state index in [-0.39, 0.29) is 30.6 Å². The van der Waals surface area contributed by atoms with Crippen LogP contribution < -0.4 is 10.6 Å². The molecule has 5 rings (SSSR count). The summed E-state index contributed by atoms with van der Waals surface area (Å²) in [7, 11) is 1.33. The lowest BCUT2D eigenvalue weighted by Gasteiger charge is -2.25. The molecule has 0 aliphatic carbocycles. The van der Waals surface area contributed by atoms with Gasteiger partial charge in [0.05, 0.1) is 30.1 Å². The highest BCUT2D eigenvalue weighted by atomic mass is 32.1. The molecule has 1 aliphatic rings. The predicted octanol–water partition coefficient (Wildman–Crippen LogP) is 5.27. The smallest absolute Gasteiger partial charge is 0.337 e. The van der Waals surface area contributed by atoms with Crippen molar-refractivity contribution in [2.24, 2.45) is 0 Å². The molecule has 10 heteroatoms. The Morgan fingerprint density at radius 2 is 1.92 bits per heavy atom. The van der Waals surface area contributed by atoms with Gasteiger partial charge in [0.2, 0.25) is 5.91 Å². The third kappa shape index (κ3) is 5.65. The molecule has 0 saturated carbocycles. The molecule has 39 heavy (non-hydrogen) atoms. The van der Waals surface area contributed by atoms with Gasteiger partial charge in [-0.2, -0.15) is 0 Å². The second-order valence-corrected chi connectivity index (χ2v) is 9.26. The Morgan fingerprint density at radius 3 is 2.69 bits per heavy atom. The maximum Gasteiger partial charge on any atom is 0.337 e. The van der Waals surface area contributed by atoms with Crippen LogP contribution in [0.3, 0.4) is 0 Å². The van der Waals surface area contributed by atoms with Crippen LogP contribution in [-0.2, 0) is 9.53 Å². The van der Waals surface area contributed by atoms with E-state index in [1.54, 1.807) is 36.5 Å². The molecule has 2 N–H and O–H groups in total. The van der Waals surface area contributed by atoms with E-state index in [2.05, 4.69) is 15.6 Å². The molecule has 0 spiro atoms. The number of esters is 1. The number of thiocarbonyl (C=S) groups is 1. The van der Waals surface area contributed by atoms with Gasteiger partial charge in [-0.3, -0.25) is 9.78 Å². The van der Waals surface area contributed by atoms with E-state index >= 15 is 0 Å². The molecule has 0 bridgehead atoms. The third-order valence-electron chi connectivity index (χ3n) is 6.41. The summed E-state index contributed by atoms with van der Waals surface area (Å²) in [4.78, 5) is 31.1. The van der Waals surface area contributed by atoms with Crippen LogP contribution in [0.25, 0.3) is 11.3 Å². The van der Waals surface area contributed by atoms with Crippen molar-refractivity contribution in [1.29, 1.82) is 0 Å². The quantitative estimate of drug-likeness (QED) is 0.229. The minimum atomic E-state index is -0.503. The first-order chi connectivity index (χ1) is 18.9. The molecule has 8 nitrogen and oxygen atoms in total. The maximum atomic E-state index is 14.0. The van der Waals surface area contributed by atoms with Crippen LogP contribution in [0.15, 0.2) is 89.5 Å². The van der Waals surface area contributed by atoms with E-state index < -0.39 is 17.8 Å². The van der Waals surface area contributed by atoms with Crippen molar-refractivity contribution in [3.8, 4) is 11.3 Å². The molecule has 198 valence electrons. The number of nitrogens with zero attached hydrogens (tertiary/aromatic N) is 2. The minimum Gasteiger partial charge on any atom is -0.465 e. The van der Waals surface area contributed by atoms with Gasteiger partial charge in [-0.15, -0.1) is 0 Å². The number of para-hydroxylation sites is 1. The fourth-order valence-electron chi connectivity index (χ4n) is 4.54. The van der Waals surface area contributed by atoms with Crippen LogP contribution in [0.1, 0.15) is 40.3 Å². The van der Waals surface area contributed by atoms with Crippen molar-refractivity contribution in [1.82, 2.24) is 15.2 Å². The standard InChI is InChI=1S/C29H25FN4O4S/c1-37-28(36)19-8-6-7-18(17-19)23-12-13-24(38-23)27-26(22-11-4-5-15-31-22)33-29(39)34(27)16-14-25(35)32-21-10-3-2-9-20(21)30/h2-13,15,17,26-27H,14,16H2,1H3,(H,32,35)(H,33,39)/t26-,27+/m1/s1. The number of benzene rings is 2. The molecule has 2 atom stereocenters. The Kier molecular flexibility index (Phi) is 7.64. The molecule has 0 unspecified atom stereocenters. The molecule has 1 aliphatic heterocycles. The summed E-state index contributed by atoms with van der Waals surface area (Å²) in [6.45, 7) is 0.258. The van der Waals surface area contributed by atoms with Crippen molar-refractivity contribution in [2.45, 2.75) is 18.5 Å². The Morgan fingerprint density at radius 1 is 1.10 bits per heavy atom. The van der Waals surface area contributed by atoms with Gasteiger partial charge in [-0.25, -0.2) is 9.18 Å². The number of rotatable bonds is 8. The Labute approximate surface area is 229 Å². The summed E-state index contributed by atoms with van der Waals surface area (Å²) in [6, 6.07) is 21.5. The first-order valence-electron chi connectivity index (χ1n) is 12.3. The lowest BCUT2D eigenvalue weighted by atomic mass is 10.0. The van der Waals surface area contributed by atoms with Crippen LogP contribution in [0, 0.1) is 5.82 Å². The molecule has 2 aromatic heterocycles. The van der Waals surface area contributed by atoms with Gasteiger partial charge in [0.1, 0.15) is 23.4 Å². The van der Waals surface area contributed by atoms with Crippen LogP contribution in [0.5, 0.6) is 0 Å². The molecule has 0 radical (unpaired) electrons. The largest absolute Gasteiger partial charge is 0.465 e. The Bertz CT molecular complexity index is 1510. The lowest BCUT2D eigenvalue weighted by molar-refractivity contribution is -0.116. The number of ether oxygens (including phenoxy) is 1. The molecule has 4 aromatic rings. The predicted molar refractivity (Wildman–Crippen MR) is 147 cm³/mol. The second-order valence-electron chi connectivity index (χ2n) is 8.87. The number of hydrogen-bond donors (Lipinski definition) is 2. The Balaban J connectivity index is 1.41. The minimum absolute atomic E-state index is 0.0658. The van der Waals surface area contributed by atoms with Crippen LogP contribution in [0.2, 0.25) is 0 Å². The number of methoxy groups -OCH3 is 1. The monoisotopic (exact) mass is 544 g/mol. The van der Waals surface area contributed by atoms with Crippen molar-refractivity contribution in [2.75, 3.05) is 19.0 Å². The summed E-state index contributed by atoms with van der Waals surface area (Å²) >= 11 is 5.66.